The van der Waals surface area contributed by atoms with Gasteiger partial charge in [0.25, 0.3) is 0 Å². The van der Waals surface area contributed by atoms with E-state index in [0.717, 1.165) is 24.1 Å². The second-order valence-corrected chi connectivity index (χ2v) is 5.88. The summed E-state index contributed by atoms with van der Waals surface area (Å²) in [6, 6.07) is 7.75. The van der Waals surface area contributed by atoms with E-state index in [9.17, 15) is 14.7 Å². The number of nitrogens with zero attached hydrogens (tertiary/aromatic N) is 1. The van der Waals surface area contributed by atoms with Crippen molar-refractivity contribution in [2.45, 2.75) is 37.6 Å². The summed E-state index contributed by atoms with van der Waals surface area (Å²) in [5.74, 6) is -1.38. The molecule has 0 bridgehead atoms. The largest absolute Gasteiger partial charge is 0.481 e. The number of amides is 1. The summed E-state index contributed by atoms with van der Waals surface area (Å²) in [7, 11) is 0. The van der Waals surface area contributed by atoms with Crippen LogP contribution in [-0.2, 0) is 9.59 Å². The Morgan fingerprint density at radius 1 is 1.24 bits per heavy atom. The van der Waals surface area contributed by atoms with E-state index in [4.69, 9.17) is 0 Å². The van der Waals surface area contributed by atoms with Crippen molar-refractivity contribution in [2.24, 2.45) is 0 Å². The van der Waals surface area contributed by atoms with Gasteiger partial charge in [-0.15, -0.1) is 0 Å². The lowest BCUT2D eigenvalue weighted by Crippen LogP contribution is -2.41. The van der Waals surface area contributed by atoms with Crippen molar-refractivity contribution in [2.75, 3.05) is 18.0 Å². The first-order valence-electron chi connectivity index (χ1n) is 7.51. The molecule has 21 heavy (non-hydrogen) atoms. The van der Waals surface area contributed by atoms with Crippen LogP contribution in [0.1, 0.15) is 37.2 Å². The van der Waals surface area contributed by atoms with Crippen LogP contribution in [0, 0.1) is 0 Å². The topological polar surface area (TPSA) is 69.6 Å². The number of fused-ring (bicyclic) bond motifs is 1. The summed E-state index contributed by atoms with van der Waals surface area (Å²) in [6.45, 7) is 0.601. The number of rotatable bonds is 4. The van der Waals surface area contributed by atoms with Crippen LogP contribution >= 0.6 is 0 Å². The van der Waals surface area contributed by atoms with Gasteiger partial charge >= 0.3 is 5.97 Å². The minimum atomic E-state index is -0.832. The zero-order valence-electron chi connectivity index (χ0n) is 11.9. The number of anilines is 1. The number of para-hydroxylation sites is 1. The fourth-order valence-corrected chi connectivity index (χ4v) is 3.36. The zero-order chi connectivity index (χ0) is 14.8. The lowest BCUT2D eigenvalue weighted by molar-refractivity contribution is -0.138. The van der Waals surface area contributed by atoms with Gasteiger partial charge in [-0.1, -0.05) is 31.0 Å². The molecule has 0 spiro atoms. The van der Waals surface area contributed by atoms with Crippen molar-refractivity contribution >= 4 is 17.6 Å². The quantitative estimate of drug-likeness (QED) is 0.885. The third kappa shape index (κ3) is 2.86. The van der Waals surface area contributed by atoms with Gasteiger partial charge in [0.1, 0.15) is 5.92 Å². The van der Waals surface area contributed by atoms with E-state index in [1.54, 1.807) is 0 Å². The number of benzene rings is 1. The highest BCUT2D eigenvalue weighted by molar-refractivity contribution is 5.87. The van der Waals surface area contributed by atoms with E-state index >= 15 is 0 Å². The molecule has 2 aliphatic rings. The monoisotopic (exact) mass is 288 g/mol. The molecule has 3 rings (SSSR count). The molecule has 0 saturated heterocycles. The Morgan fingerprint density at radius 2 is 1.95 bits per heavy atom. The number of carbonyl (C=O) groups excluding carboxylic acids is 1. The molecule has 1 aromatic rings. The Kier molecular flexibility index (Phi) is 3.82. The second kappa shape index (κ2) is 5.76. The molecular formula is C16H20N2O3. The minimum Gasteiger partial charge on any atom is -0.481 e. The van der Waals surface area contributed by atoms with Crippen LogP contribution in [0.2, 0.25) is 0 Å². The first-order chi connectivity index (χ1) is 10.1. The zero-order valence-corrected chi connectivity index (χ0v) is 11.9. The number of nitrogens with one attached hydrogen (secondary N) is 1. The maximum absolute atomic E-state index is 12.1. The molecular weight excluding hydrogens is 268 g/mol. The van der Waals surface area contributed by atoms with Gasteiger partial charge in [-0.3, -0.25) is 9.59 Å². The van der Waals surface area contributed by atoms with Crippen molar-refractivity contribution < 1.29 is 14.7 Å². The van der Waals surface area contributed by atoms with Gasteiger partial charge in [-0.25, -0.2) is 0 Å². The number of carbonyl (C=O) groups is 2. The third-order valence-corrected chi connectivity index (χ3v) is 4.41. The van der Waals surface area contributed by atoms with Crippen molar-refractivity contribution in [1.82, 2.24) is 5.32 Å². The van der Waals surface area contributed by atoms with E-state index in [1.807, 2.05) is 29.2 Å². The highest BCUT2D eigenvalue weighted by atomic mass is 16.4. The van der Waals surface area contributed by atoms with Crippen LogP contribution in [0.3, 0.4) is 0 Å². The van der Waals surface area contributed by atoms with E-state index in [-0.39, 0.29) is 12.5 Å². The third-order valence-electron chi connectivity index (χ3n) is 4.41. The smallest absolute Gasteiger partial charge is 0.312 e. The number of carboxylic acids is 1. The van der Waals surface area contributed by atoms with Gasteiger partial charge in [-0.2, -0.15) is 0 Å². The van der Waals surface area contributed by atoms with Gasteiger partial charge in [-0.05, 0) is 24.5 Å². The van der Waals surface area contributed by atoms with E-state index < -0.39 is 11.9 Å². The average molecular weight is 288 g/mol. The van der Waals surface area contributed by atoms with Crippen LogP contribution in [-0.4, -0.2) is 36.1 Å². The number of aliphatic carboxylic acids is 1. The molecule has 1 saturated carbocycles. The lowest BCUT2D eigenvalue weighted by Gasteiger charge is -2.20. The molecule has 1 atom stereocenters. The normalized spacial score (nSPS) is 21.3. The van der Waals surface area contributed by atoms with Crippen LogP contribution in [0.5, 0.6) is 0 Å². The summed E-state index contributed by atoms with van der Waals surface area (Å²) < 4.78 is 0. The molecule has 0 radical (unpaired) electrons. The Balaban J connectivity index is 1.68. The molecule has 1 amide bonds. The molecule has 1 aromatic carbocycles. The van der Waals surface area contributed by atoms with E-state index in [1.165, 1.54) is 12.8 Å². The minimum absolute atomic E-state index is 0.0114. The van der Waals surface area contributed by atoms with Gasteiger partial charge in [0.2, 0.25) is 5.91 Å². The second-order valence-electron chi connectivity index (χ2n) is 5.88. The van der Waals surface area contributed by atoms with Gasteiger partial charge in [0, 0.05) is 18.3 Å². The Labute approximate surface area is 123 Å². The summed E-state index contributed by atoms with van der Waals surface area (Å²) in [4.78, 5) is 25.4. The highest BCUT2D eigenvalue weighted by Crippen LogP contribution is 2.35. The fourth-order valence-electron chi connectivity index (χ4n) is 3.36. The fraction of sp³-hybridized carbons (Fsp3) is 0.500. The standard InChI is InChI=1S/C16H20N2O3/c19-15(17-11-5-1-2-6-11)10-18-9-13(16(20)21)12-7-3-4-8-14(12)18/h3-4,7-8,11,13H,1-2,5-6,9-10H2,(H,17,19)(H,20,21). The Morgan fingerprint density at radius 3 is 2.67 bits per heavy atom. The molecule has 112 valence electrons. The van der Waals surface area contributed by atoms with Crippen LogP contribution in [0.25, 0.3) is 0 Å². The molecule has 1 aliphatic carbocycles. The van der Waals surface area contributed by atoms with Gasteiger partial charge < -0.3 is 15.3 Å². The van der Waals surface area contributed by atoms with Crippen molar-refractivity contribution in [3.63, 3.8) is 0 Å². The SMILES string of the molecule is O=C(CN1CC(C(=O)O)c2ccccc21)NC1CCCC1. The first-order valence-corrected chi connectivity index (χ1v) is 7.51. The lowest BCUT2D eigenvalue weighted by atomic mass is 10.0. The predicted molar refractivity (Wildman–Crippen MR) is 79.4 cm³/mol. The van der Waals surface area contributed by atoms with Crippen molar-refractivity contribution in [3.8, 4) is 0 Å². The maximum atomic E-state index is 12.1. The maximum Gasteiger partial charge on any atom is 0.312 e. The number of carboxylic acid groups (broad SMARTS) is 1. The first kappa shape index (κ1) is 13.9. The highest BCUT2D eigenvalue weighted by Gasteiger charge is 2.34. The van der Waals surface area contributed by atoms with Crippen molar-refractivity contribution in [3.05, 3.63) is 29.8 Å². The average Bonchev–Trinajstić information content (AvgIpc) is 3.07. The number of hydrogen-bond acceptors (Lipinski definition) is 3. The molecule has 5 heteroatoms. The molecule has 1 fully saturated rings. The van der Waals surface area contributed by atoms with Gasteiger partial charge in [0.15, 0.2) is 0 Å². The van der Waals surface area contributed by atoms with Gasteiger partial charge in [0.05, 0.1) is 6.54 Å². The molecule has 1 heterocycles. The van der Waals surface area contributed by atoms with E-state index in [0.29, 0.717) is 12.6 Å². The Bertz CT molecular complexity index is 552. The molecule has 5 nitrogen and oxygen atoms in total. The molecule has 1 aliphatic heterocycles. The van der Waals surface area contributed by atoms with Crippen LogP contribution < -0.4 is 10.2 Å². The number of hydrogen-bond donors (Lipinski definition) is 2. The summed E-state index contributed by atoms with van der Waals surface area (Å²) in [5.41, 5.74) is 1.67. The van der Waals surface area contributed by atoms with E-state index in [2.05, 4.69) is 5.32 Å². The summed E-state index contributed by atoms with van der Waals surface area (Å²) >= 11 is 0. The predicted octanol–water partition coefficient (Wildman–Crippen LogP) is 1.73. The Hall–Kier alpha value is -2.04. The molecule has 0 aromatic heterocycles. The summed E-state index contributed by atoms with van der Waals surface area (Å²) in [5, 5.41) is 12.4. The van der Waals surface area contributed by atoms with Crippen LogP contribution in [0.4, 0.5) is 5.69 Å². The van der Waals surface area contributed by atoms with Crippen LogP contribution in [0.15, 0.2) is 24.3 Å². The molecule has 2 N–H and O–H groups in total. The summed E-state index contributed by atoms with van der Waals surface area (Å²) in [6.07, 6.45) is 4.47. The van der Waals surface area contributed by atoms with Crippen molar-refractivity contribution in [1.29, 1.82) is 0 Å². The molecule has 1 unspecified atom stereocenters.